The first-order valence-electron chi connectivity index (χ1n) is 5.50. The standard InChI is InChI=1S/C13H17NO2S/c1-10(2)15-7-8-16-12-5-4-6-13(17-3)11(12)9-14/h4-6,10H,7-8H2,1-3H3. The van der Waals surface area contributed by atoms with Crippen LogP contribution in [-0.4, -0.2) is 25.6 Å². The molecule has 0 spiro atoms. The molecule has 1 aromatic rings. The molecule has 1 aromatic carbocycles. The Morgan fingerprint density at radius 1 is 1.35 bits per heavy atom. The molecule has 0 radical (unpaired) electrons. The normalized spacial score (nSPS) is 10.3. The minimum atomic E-state index is 0.201. The molecule has 92 valence electrons. The fraction of sp³-hybridized carbons (Fsp3) is 0.462. The lowest BCUT2D eigenvalue weighted by molar-refractivity contribution is 0.0551. The maximum atomic E-state index is 9.10. The summed E-state index contributed by atoms with van der Waals surface area (Å²) >= 11 is 1.54. The third kappa shape index (κ3) is 4.29. The first kappa shape index (κ1) is 13.9. The van der Waals surface area contributed by atoms with Crippen molar-refractivity contribution in [2.75, 3.05) is 19.5 Å². The van der Waals surface area contributed by atoms with Gasteiger partial charge in [-0.05, 0) is 32.2 Å². The maximum Gasteiger partial charge on any atom is 0.138 e. The van der Waals surface area contributed by atoms with Crippen LogP contribution in [0, 0.1) is 11.3 Å². The second kappa shape index (κ2) is 7.21. The first-order chi connectivity index (χ1) is 8.19. The fourth-order valence-corrected chi connectivity index (χ4v) is 1.91. The molecule has 17 heavy (non-hydrogen) atoms. The van der Waals surface area contributed by atoms with E-state index in [1.54, 1.807) is 11.8 Å². The van der Waals surface area contributed by atoms with Gasteiger partial charge in [0.25, 0.3) is 0 Å². The Morgan fingerprint density at radius 3 is 2.71 bits per heavy atom. The molecule has 0 aliphatic rings. The van der Waals surface area contributed by atoms with Gasteiger partial charge in [0, 0.05) is 4.90 Å². The van der Waals surface area contributed by atoms with Crippen LogP contribution in [0.25, 0.3) is 0 Å². The summed E-state index contributed by atoms with van der Waals surface area (Å²) in [7, 11) is 0. The SMILES string of the molecule is CSc1cccc(OCCOC(C)C)c1C#N. The molecule has 0 saturated heterocycles. The van der Waals surface area contributed by atoms with E-state index in [4.69, 9.17) is 14.7 Å². The van der Waals surface area contributed by atoms with Crippen molar-refractivity contribution in [1.82, 2.24) is 0 Å². The monoisotopic (exact) mass is 251 g/mol. The van der Waals surface area contributed by atoms with E-state index in [1.807, 2.05) is 38.3 Å². The van der Waals surface area contributed by atoms with Crippen molar-refractivity contribution in [3.05, 3.63) is 23.8 Å². The van der Waals surface area contributed by atoms with E-state index < -0.39 is 0 Å². The highest BCUT2D eigenvalue weighted by molar-refractivity contribution is 7.98. The molecule has 0 saturated carbocycles. The Kier molecular flexibility index (Phi) is 5.88. The molecule has 0 aromatic heterocycles. The molecule has 1 rings (SSSR count). The molecule has 0 aliphatic heterocycles. The van der Waals surface area contributed by atoms with Gasteiger partial charge in [-0.3, -0.25) is 0 Å². The minimum Gasteiger partial charge on any atom is -0.490 e. The molecule has 0 atom stereocenters. The zero-order valence-corrected chi connectivity index (χ0v) is 11.2. The van der Waals surface area contributed by atoms with Gasteiger partial charge in [-0.2, -0.15) is 5.26 Å². The van der Waals surface area contributed by atoms with Gasteiger partial charge in [-0.1, -0.05) is 6.07 Å². The lowest BCUT2D eigenvalue weighted by Crippen LogP contribution is -2.11. The summed E-state index contributed by atoms with van der Waals surface area (Å²) in [6, 6.07) is 7.80. The number of nitrogens with zero attached hydrogens (tertiary/aromatic N) is 1. The number of ether oxygens (including phenoxy) is 2. The Morgan fingerprint density at radius 2 is 2.12 bits per heavy atom. The van der Waals surface area contributed by atoms with E-state index in [0.717, 1.165) is 4.90 Å². The van der Waals surface area contributed by atoms with Gasteiger partial charge in [-0.25, -0.2) is 0 Å². The van der Waals surface area contributed by atoms with Crippen molar-refractivity contribution < 1.29 is 9.47 Å². The highest BCUT2D eigenvalue weighted by Gasteiger charge is 2.08. The lowest BCUT2D eigenvalue weighted by atomic mass is 10.2. The smallest absolute Gasteiger partial charge is 0.138 e. The van der Waals surface area contributed by atoms with Crippen LogP contribution in [0.2, 0.25) is 0 Å². The molecule has 0 bridgehead atoms. The van der Waals surface area contributed by atoms with Gasteiger partial charge in [0.15, 0.2) is 0 Å². The summed E-state index contributed by atoms with van der Waals surface area (Å²) in [5.74, 6) is 0.631. The van der Waals surface area contributed by atoms with Crippen LogP contribution in [-0.2, 0) is 4.74 Å². The van der Waals surface area contributed by atoms with E-state index >= 15 is 0 Å². The second-order valence-electron chi connectivity index (χ2n) is 3.71. The quantitative estimate of drug-likeness (QED) is 0.575. The lowest BCUT2D eigenvalue weighted by Gasteiger charge is -2.11. The van der Waals surface area contributed by atoms with E-state index in [1.165, 1.54) is 0 Å². The van der Waals surface area contributed by atoms with Crippen molar-refractivity contribution in [2.45, 2.75) is 24.8 Å². The number of hydrogen-bond acceptors (Lipinski definition) is 4. The summed E-state index contributed by atoms with van der Waals surface area (Å²) in [6.07, 6.45) is 2.15. The van der Waals surface area contributed by atoms with Gasteiger partial charge < -0.3 is 9.47 Å². The van der Waals surface area contributed by atoms with Crippen molar-refractivity contribution >= 4 is 11.8 Å². The fourth-order valence-electron chi connectivity index (χ4n) is 1.35. The molecule has 0 unspecified atom stereocenters. The summed E-state index contributed by atoms with van der Waals surface area (Å²) in [5.41, 5.74) is 0.601. The van der Waals surface area contributed by atoms with Crippen molar-refractivity contribution in [2.24, 2.45) is 0 Å². The molecule has 4 heteroatoms. The van der Waals surface area contributed by atoms with E-state index in [2.05, 4.69) is 6.07 Å². The summed E-state index contributed by atoms with van der Waals surface area (Å²) in [6.45, 7) is 4.96. The van der Waals surface area contributed by atoms with Gasteiger partial charge in [0.1, 0.15) is 24.0 Å². The number of rotatable bonds is 6. The third-order valence-corrected chi connectivity index (χ3v) is 2.89. The van der Waals surface area contributed by atoms with Crippen LogP contribution >= 0.6 is 11.8 Å². The zero-order valence-electron chi connectivity index (χ0n) is 10.4. The average Bonchev–Trinajstić information content (AvgIpc) is 2.33. The van der Waals surface area contributed by atoms with Crippen LogP contribution in [0.1, 0.15) is 19.4 Å². The largest absolute Gasteiger partial charge is 0.490 e. The maximum absolute atomic E-state index is 9.10. The predicted molar refractivity (Wildman–Crippen MR) is 69.5 cm³/mol. The third-order valence-electron chi connectivity index (χ3n) is 2.11. The zero-order chi connectivity index (χ0) is 12.7. The molecule has 0 aliphatic carbocycles. The van der Waals surface area contributed by atoms with E-state index in [-0.39, 0.29) is 6.10 Å². The first-order valence-corrected chi connectivity index (χ1v) is 6.73. The van der Waals surface area contributed by atoms with Crippen LogP contribution in [0.5, 0.6) is 5.75 Å². The van der Waals surface area contributed by atoms with Gasteiger partial charge in [-0.15, -0.1) is 11.8 Å². The molecule has 0 fully saturated rings. The number of nitriles is 1. The number of hydrogen-bond donors (Lipinski definition) is 0. The van der Waals surface area contributed by atoms with Crippen LogP contribution < -0.4 is 4.74 Å². The molecular formula is C13H17NO2S. The van der Waals surface area contributed by atoms with Crippen molar-refractivity contribution in [3.63, 3.8) is 0 Å². The molecular weight excluding hydrogens is 234 g/mol. The van der Waals surface area contributed by atoms with E-state index in [0.29, 0.717) is 24.5 Å². The van der Waals surface area contributed by atoms with Crippen LogP contribution in [0.15, 0.2) is 23.1 Å². The van der Waals surface area contributed by atoms with Gasteiger partial charge in [0.2, 0.25) is 0 Å². The number of thioether (sulfide) groups is 1. The molecule has 3 nitrogen and oxygen atoms in total. The van der Waals surface area contributed by atoms with Crippen LogP contribution in [0.4, 0.5) is 0 Å². The topological polar surface area (TPSA) is 42.2 Å². The van der Waals surface area contributed by atoms with E-state index in [9.17, 15) is 0 Å². The summed E-state index contributed by atoms with van der Waals surface area (Å²) in [5, 5.41) is 9.10. The Balaban J connectivity index is 2.62. The minimum absolute atomic E-state index is 0.201. The Bertz CT molecular complexity index is 399. The Hall–Kier alpha value is -1.18. The van der Waals surface area contributed by atoms with Crippen molar-refractivity contribution in [3.8, 4) is 11.8 Å². The molecule has 0 N–H and O–H groups in total. The highest BCUT2D eigenvalue weighted by atomic mass is 32.2. The number of benzene rings is 1. The molecule has 0 heterocycles. The van der Waals surface area contributed by atoms with Gasteiger partial charge >= 0.3 is 0 Å². The summed E-state index contributed by atoms with van der Waals surface area (Å²) < 4.78 is 10.9. The summed E-state index contributed by atoms with van der Waals surface area (Å²) in [4.78, 5) is 0.940. The van der Waals surface area contributed by atoms with Gasteiger partial charge in [0.05, 0.1) is 12.7 Å². The molecule has 0 amide bonds. The van der Waals surface area contributed by atoms with Crippen LogP contribution in [0.3, 0.4) is 0 Å². The second-order valence-corrected chi connectivity index (χ2v) is 4.56. The highest BCUT2D eigenvalue weighted by Crippen LogP contribution is 2.27. The Labute approximate surface area is 107 Å². The predicted octanol–water partition coefficient (Wildman–Crippen LogP) is 3.08. The average molecular weight is 251 g/mol. The van der Waals surface area contributed by atoms with Crippen molar-refractivity contribution in [1.29, 1.82) is 5.26 Å².